The maximum atomic E-state index is 5.85. The highest BCUT2D eigenvalue weighted by molar-refractivity contribution is 5.40. The first-order chi connectivity index (χ1) is 8.58. The lowest BCUT2D eigenvalue weighted by Gasteiger charge is -2.35. The van der Waals surface area contributed by atoms with E-state index >= 15 is 0 Å². The van der Waals surface area contributed by atoms with Gasteiger partial charge in [-0.15, -0.1) is 0 Å². The minimum absolute atomic E-state index is 0.0616. The number of aromatic nitrogens is 1. The molecule has 3 atom stereocenters. The quantitative estimate of drug-likeness (QED) is 0.892. The van der Waals surface area contributed by atoms with Gasteiger partial charge in [-0.2, -0.15) is 0 Å². The molecule has 3 heteroatoms. The monoisotopic (exact) mass is 247 g/mol. The average molecular weight is 247 g/mol. The third kappa shape index (κ3) is 3.02. The molecule has 0 radical (unpaired) electrons. The molecule has 100 valence electrons. The van der Waals surface area contributed by atoms with E-state index in [0.29, 0.717) is 6.04 Å². The van der Waals surface area contributed by atoms with E-state index < -0.39 is 0 Å². The number of hydrogen-bond acceptors (Lipinski definition) is 3. The van der Waals surface area contributed by atoms with Crippen LogP contribution in [0.4, 0.5) is 5.82 Å². The number of nitrogens with zero attached hydrogens (tertiary/aromatic N) is 2. The summed E-state index contributed by atoms with van der Waals surface area (Å²) in [5.74, 6) is 1.91. The predicted octanol–water partition coefficient (Wildman–Crippen LogP) is 3.12. The normalized spacial score (nSPS) is 25.8. The maximum absolute atomic E-state index is 5.85. The molecule has 1 aliphatic carbocycles. The highest BCUT2D eigenvalue weighted by Crippen LogP contribution is 2.28. The molecule has 3 nitrogen and oxygen atoms in total. The number of hydrogen-bond donors (Lipinski definition) is 1. The van der Waals surface area contributed by atoms with Crippen LogP contribution in [0, 0.1) is 5.92 Å². The van der Waals surface area contributed by atoms with Crippen molar-refractivity contribution in [2.24, 2.45) is 11.7 Å². The van der Waals surface area contributed by atoms with Gasteiger partial charge in [0.25, 0.3) is 0 Å². The number of pyridine rings is 1. The third-order valence-corrected chi connectivity index (χ3v) is 4.11. The van der Waals surface area contributed by atoms with Crippen molar-refractivity contribution in [2.45, 2.75) is 51.6 Å². The molecule has 1 saturated carbocycles. The highest BCUT2D eigenvalue weighted by Gasteiger charge is 2.23. The topological polar surface area (TPSA) is 42.1 Å². The molecule has 0 aromatic carbocycles. The van der Waals surface area contributed by atoms with Crippen LogP contribution in [0.1, 0.15) is 51.1 Å². The smallest absolute Gasteiger partial charge is 0.128 e. The largest absolute Gasteiger partial charge is 0.357 e. The Kier molecular flexibility index (Phi) is 4.23. The molecule has 1 fully saturated rings. The van der Waals surface area contributed by atoms with Gasteiger partial charge in [0.1, 0.15) is 5.82 Å². The Balaban J connectivity index is 2.05. The van der Waals surface area contributed by atoms with Gasteiger partial charge < -0.3 is 10.6 Å². The second-order valence-electron chi connectivity index (χ2n) is 5.77. The Bertz CT molecular complexity index is 372. The fourth-order valence-corrected chi connectivity index (χ4v) is 2.82. The van der Waals surface area contributed by atoms with Crippen molar-refractivity contribution in [1.82, 2.24) is 4.98 Å². The van der Waals surface area contributed by atoms with Crippen molar-refractivity contribution in [3.05, 3.63) is 23.9 Å². The van der Waals surface area contributed by atoms with Crippen molar-refractivity contribution in [3.8, 4) is 0 Å². The zero-order chi connectivity index (χ0) is 13.1. The van der Waals surface area contributed by atoms with Gasteiger partial charge in [0, 0.05) is 25.3 Å². The molecule has 0 saturated heterocycles. The fraction of sp³-hybridized carbons (Fsp3) is 0.667. The van der Waals surface area contributed by atoms with Crippen LogP contribution in [0.2, 0.25) is 0 Å². The van der Waals surface area contributed by atoms with Crippen molar-refractivity contribution < 1.29 is 0 Å². The summed E-state index contributed by atoms with van der Waals surface area (Å²) in [7, 11) is 2.16. The first kappa shape index (κ1) is 13.3. The van der Waals surface area contributed by atoms with E-state index in [0.717, 1.165) is 17.3 Å². The molecule has 0 aliphatic heterocycles. The van der Waals surface area contributed by atoms with Crippen LogP contribution in [0.25, 0.3) is 0 Å². The Morgan fingerprint density at radius 2 is 2.17 bits per heavy atom. The molecule has 1 aliphatic rings. The summed E-state index contributed by atoms with van der Waals surface area (Å²) in [5.41, 5.74) is 6.95. The van der Waals surface area contributed by atoms with E-state index in [1.165, 1.54) is 25.7 Å². The zero-order valence-corrected chi connectivity index (χ0v) is 11.8. The second kappa shape index (κ2) is 5.70. The second-order valence-corrected chi connectivity index (χ2v) is 5.77. The van der Waals surface area contributed by atoms with Crippen molar-refractivity contribution in [3.63, 3.8) is 0 Å². The molecule has 1 heterocycles. The summed E-state index contributed by atoms with van der Waals surface area (Å²) in [4.78, 5) is 6.88. The lowest BCUT2D eigenvalue weighted by molar-refractivity contribution is 0.335. The molecule has 2 rings (SSSR count). The Morgan fingerprint density at radius 1 is 1.39 bits per heavy atom. The Morgan fingerprint density at radius 3 is 2.72 bits per heavy atom. The van der Waals surface area contributed by atoms with Crippen LogP contribution in [0.3, 0.4) is 0 Å². The van der Waals surface area contributed by atoms with Gasteiger partial charge in [-0.3, -0.25) is 0 Å². The van der Waals surface area contributed by atoms with Gasteiger partial charge in [-0.1, -0.05) is 25.8 Å². The zero-order valence-electron chi connectivity index (χ0n) is 11.8. The van der Waals surface area contributed by atoms with Crippen LogP contribution >= 0.6 is 0 Å². The summed E-state index contributed by atoms with van der Waals surface area (Å²) in [6.07, 6.45) is 7.20. The lowest BCUT2D eigenvalue weighted by Crippen LogP contribution is -2.36. The maximum Gasteiger partial charge on any atom is 0.128 e. The summed E-state index contributed by atoms with van der Waals surface area (Å²) in [6.45, 7) is 4.34. The fourth-order valence-electron chi connectivity index (χ4n) is 2.82. The first-order valence-electron chi connectivity index (χ1n) is 7.02. The Hall–Kier alpha value is -1.09. The number of nitrogens with two attached hydrogens (primary N) is 1. The van der Waals surface area contributed by atoms with E-state index in [9.17, 15) is 0 Å². The SMILES string of the molecule is CC1CCCC(N(C)c2ccc(C(C)N)cn2)C1. The van der Waals surface area contributed by atoms with Crippen molar-refractivity contribution in [2.75, 3.05) is 11.9 Å². The van der Waals surface area contributed by atoms with E-state index in [1.807, 2.05) is 13.1 Å². The number of rotatable bonds is 3. The van der Waals surface area contributed by atoms with Crippen LogP contribution in [-0.2, 0) is 0 Å². The minimum atomic E-state index is 0.0616. The molecule has 0 spiro atoms. The van der Waals surface area contributed by atoms with Gasteiger partial charge in [0.05, 0.1) is 0 Å². The summed E-state index contributed by atoms with van der Waals surface area (Å²) < 4.78 is 0. The van der Waals surface area contributed by atoms with E-state index in [1.54, 1.807) is 0 Å². The van der Waals surface area contributed by atoms with Crippen LogP contribution < -0.4 is 10.6 Å². The summed E-state index contributed by atoms with van der Waals surface area (Å²) in [6, 6.07) is 4.89. The van der Waals surface area contributed by atoms with Crippen LogP contribution in [-0.4, -0.2) is 18.1 Å². The standard InChI is InChI=1S/C15H25N3/c1-11-5-4-6-14(9-11)18(3)15-8-7-13(10-17-15)12(2)16/h7-8,10-12,14H,4-6,9,16H2,1-3H3. The number of anilines is 1. The molecular formula is C15H25N3. The van der Waals surface area contributed by atoms with Crippen LogP contribution in [0.5, 0.6) is 0 Å². The molecule has 18 heavy (non-hydrogen) atoms. The average Bonchev–Trinajstić information content (AvgIpc) is 2.38. The molecule has 1 aromatic rings. The molecular weight excluding hydrogens is 222 g/mol. The van der Waals surface area contributed by atoms with Crippen molar-refractivity contribution in [1.29, 1.82) is 0 Å². The lowest BCUT2D eigenvalue weighted by atomic mass is 9.86. The van der Waals surface area contributed by atoms with Gasteiger partial charge in [-0.25, -0.2) is 4.98 Å². The Labute approximate surface area is 110 Å². The molecule has 1 aromatic heterocycles. The van der Waals surface area contributed by atoms with E-state index in [4.69, 9.17) is 5.73 Å². The van der Waals surface area contributed by atoms with Gasteiger partial charge >= 0.3 is 0 Å². The van der Waals surface area contributed by atoms with Gasteiger partial charge in [-0.05, 0) is 37.3 Å². The molecule has 0 bridgehead atoms. The summed E-state index contributed by atoms with van der Waals surface area (Å²) in [5, 5.41) is 0. The first-order valence-corrected chi connectivity index (χ1v) is 7.02. The van der Waals surface area contributed by atoms with E-state index in [-0.39, 0.29) is 6.04 Å². The third-order valence-electron chi connectivity index (χ3n) is 4.11. The molecule has 3 unspecified atom stereocenters. The summed E-state index contributed by atoms with van der Waals surface area (Å²) >= 11 is 0. The van der Waals surface area contributed by atoms with E-state index in [2.05, 4.69) is 36.0 Å². The minimum Gasteiger partial charge on any atom is -0.357 e. The molecule has 0 amide bonds. The van der Waals surface area contributed by atoms with Crippen molar-refractivity contribution >= 4 is 5.82 Å². The highest BCUT2D eigenvalue weighted by atomic mass is 15.2. The van der Waals surface area contributed by atoms with Gasteiger partial charge in [0.15, 0.2) is 0 Å². The molecule has 2 N–H and O–H groups in total. The van der Waals surface area contributed by atoms with Crippen LogP contribution in [0.15, 0.2) is 18.3 Å². The predicted molar refractivity (Wildman–Crippen MR) is 76.7 cm³/mol. The van der Waals surface area contributed by atoms with Gasteiger partial charge in [0.2, 0.25) is 0 Å².